The molecule has 0 saturated carbocycles. The van der Waals surface area contributed by atoms with E-state index >= 15 is 0 Å². The lowest BCUT2D eigenvalue weighted by Crippen LogP contribution is -2.31. The number of rotatable bonds is 16. The molecule has 6 rings (SSSR count). The van der Waals surface area contributed by atoms with Crippen LogP contribution < -0.4 is 34.3 Å². The Kier molecular flexibility index (Phi) is 13.1. The second-order valence-electron chi connectivity index (χ2n) is 12.6. The lowest BCUT2D eigenvalue weighted by Gasteiger charge is -2.24. The van der Waals surface area contributed by atoms with Crippen LogP contribution in [0, 0.1) is 0 Å². The molecule has 27 nitrogen and oxygen atoms in total. The van der Waals surface area contributed by atoms with Crippen molar-refractivity contribution in [1.29, 1.82) is 0 Å². The molecular weight excluding hydrogens is 831 g/mol. The third kappa shape index (κ3) is 10.8. The molecule has 3 aromatic heterocycles. The van der Waals surface area contributed by atoms with Gasteiger partial charge in [-0.2, -0.15) is 15.0 Å². The fourth-order valence-electron chi connectivity index (χ4n) is 6.11. The number of nitrogens with two attached hydrogens (primary N) is 3. The van der Waals surface area contributed by atoms with Crippen LogP contribution in [0.3, 0.4) is 0 Å². The van der Waals surface area contributed by atoms with E-state index in [1.165, 1.54) is 36.8 Å². The molecule has 3 unspecified atom stereocenters. The minimum Gasteiger partial charge on any atom is -0.390 e. The van der Waals surface area contributed by atoms with E-state index in [9.17, 15) is 43.0 Å². The Labute approximate surface area is 320 Å². The first-order valence-electron chi connectivity index (χ1n) is 16.7. The molecule has 0 spiro atoms. The van der Waals surface area contributed by atoms with Gasteiger partial charge in [0.25, 0.3) is 0 Å². The molecule has 0 radical (unpaired) electrons. The summed E-state index contributed by atoms with van der Waals surface area (Å²) in [5.41, 5.74) is 14.2. The van der Waals surface area contributed by atoms with E-state index in [0.717, 1.165) is 13.7 Å². The van der Waals surface area contributed by atoms with Crippen LogP contribution in [0.2, 0.25) is 0 Å². The van der Waals surface area contributed by atoms with Gasteiger partial charge in [-0.05, 0) is 18.2 Å². The minimum atomic E-state index is -5.14. The number of ether oxygens (including phenoxy) is 3. The van der Waals surface area contributed by atoms with E-state index in [2.05, 4.69) is 15.0 Å². The number of nitrogen functional groups attached to an aromatic ring is 3. The molecule has 6 heterocycles. The fourth-order valence-corrected chi connectivity index (χ4v) is 8.31. The molecule has 0 aromatic carbocycles. The summed E-state index contributed by atoms with van der Waals surface area (Å²) in [6.45, 7) is -2.20. The number of aromatic nitrogens is 6. The highest BCUT2D eigenvalue weighted by Crippen LogP contribution is 2.52. The molecule has 57 heavy (non-hydrogen) atoms. The van der Waals surface area contributed by atoms with Crippen LogP contribution >= 0.6 is 23.9 Å². The van der Waals surface area contributed by atoms with Crippen molar-refractivity contribution < 1.29 is 70.3 Å². The van der Waals surface area contributed by atoms with Crippen LogP contribution in [0.15, 0.2) is 51.2 Å². The second-order valence-corrected chi connectivity index (χ2v) is 16.2. The lowest BCUT2D eigenvalue weighted by molar-refractivity contribution is -0.0610. The highest BCUT2D eigenvalue weighted by molar-refractivity contribution is 7.47. The Bertz CT molecular complexity index is 2230. The molecule has 10 N–H and O–H groups in total. The van der Waals surface area contributed by atoms with Crippen molar-refractivity contribution in [3.63, 3.8) is 0 Å². The van der Waals surface area contributed by atoms with E-state index in [-0.39, 0.29) is 36.7 Å². The first-order chi connectivity index (χ1) is 26.9. The van der Waals surface area contributed by atoms with Crippen molar-refractivity contribution in [2.24, 2.45) is 0 Å². The molecule has 0 bridgehead atoms. The molecular formula is C27H37N9O18P3+. The van der Waals surface area contributed by atoms with Crippen LogP contribution in [-0.4, -0.2) is 105 Å². The number of anilines is 3. The number of nitrogens with zero attached hydrogens (tertiary/aromatic N) is 6. The zero-order valence-corrected chi connectivity index (χ0v) is 31.8. The second kappa shape index (κ2) is 17.5. The Morgan fingerprint density at radius 1 is 0.684 bits per heavy atom. The van der Waals surface area contributed by atoms with Gasteiger partial charge in [0.2, 0.25) is 0 Å². The van der Waals surface area contributed by atoms with Gasteiger partial charge in [0.05, 0.1) is 19.3 Å². The smallest absolute Gasteiger partial charge is 0.390 e. The highest BCUT2D eigenvalue weighted by Gasteiger charge is 2.47. The van der Waals surface area contributed by atoms with Crippen LogP contribution in [-0.2, 0) is 50.5 Å². The van der Waals surface area contributed by atoms with Gasteiger partial charge in [0.15, 0.2) is 0 Å². The van der Waals surface area contributed by atoms with E-state index in [1.54, 1.807) is 0 Å². The summed E-state index contributed by atoms with van der Waals surface area (Å²) in [7, 11) is -13.4. The minimum absolute atomic E-state index is 0.0382. The summed E-state index contributed by atoms with van der Waals surface area (Å²) < 4.78 is 83.7. The van der Waals surface area contributed by atoms with Crippen molar-refractivity contribution in [2.75, 3.05) is 37.0 Å². The summed E-state index contributed by atoms with van der Waals surface area (Å²) in [6.07, 6.45) is -8.47. The monoisotopic (exact) mass is 868 g/mol. The van der Waals surface area contributed by atoms with Crippen LogP contribution in [0.4, 0.5) is 17.5 Å². The van der Waals surface area contributed by atoms with Crippen LogP contribution in [0.5, 0.6) is 0 Å². The van der Waals surface area contributed by atoms with Crippen molar-refractivity contribution in [2.45, 2.75) is 74.6 Å². The number of aliphatic hydroxyl groups excluding tert-OH is 1. The fraction of sp³-hybridized carbons (Fsp3) is 0.556. The largest absolute Gasteiger partial charge is 0.694 e. The van der Waals surface area contributed by atoms with Gasteiger partial charge in [-0.25, -0.2) is 23.5 Å². The van der Waals surface area contributed by atoms with E-state index in [0.29, 0.717) is 0 Å². The SMILES string of the molecule is Nc1ccn([C@H]2C[C@H](OP(=O)(O)OC[C@H]3O[C@@H](n4ccc(N)nc4=O)C[C@@H]3OP(=O)(O)OC[C@H]3O[C@@H](n4ccc(N)nc4=O)C[C@@H]3O)[C@@H](CO[P+](=O)O)O2)c(=O)n1. The predicted octanol–water partition coefficient (Wildman–Crippen LogP) is -1.60. The molecule has 0 amide bonds. The lowest BCUT2D eigenvalue weighted by atomic mass is 10.2. The normalized spacial score (nSPS) is 29.9. The Balaban J connectivity index is 1.13. The van der Waals surface area contributed by atoms with Gasteiger partial charge < -0.3 is 46.3 Å². The van der Waals surface area contributed by atoms with E-state index in [4.69, 9.17) is 58.9 Å². The van der Waals surface area contributed by atoms with Crippen molar-refractivity contribution >= 4 is 41.4 Å². The average Bonchev–Trinajstić information content (AvgIpc) is 3.81. The zero-order valence-electron chi connectivity index (χ0n) is 29.2. The Morgan fingerprint density at radius 3 is 1.46 bits per heavy atom. The molecule has 3 fully saturated rings. The number of hydrogen-bond acceptors (Lipinski definition) is 21. The molecule has 3 aliphatic rings. The maximum atomic E-state index is 13.3. The van der Waals surface area contributed by atoms with Crippen LogP contribution in [0.25, 0.3) is 0 Å². The number of aliphatic hydroxyl groups is 1. The van der Waals surface area contributed by atoms with Crippen molar-refractivity contribution in [3.05, 3.63) is 68.2 Å². The van der Waals surface area contributed by atoms with Crippen molar-refractivity contribution in [1.82, 2.24) is 28.7 Å². The first kappa shape index (κ1) is 42.7. The Hall–Kier alpha value is -3.88. The molecule has 312 valence electrons. The maximum Gasteiger partial charge on any atom is 0.694 e. The topological polar surface area (TPSA) is 389 Å². The van der Waals surface area contributed by atoms with E-state index < -0.39 is 116 Å². The third-order valence-corrected chi connectivity index (χ3v) is 11.1. The number of phosphoric ester groups is 2. The van der Waals surface area contributed by atoms with Gasteiger partial charge in [-0.15, -0.1) is 9.42 Å². The van der Waals surface area contributed by atoms with Gasteiger partial charge in [0, 0.05) is 42.4 Å². The summed E-state index contributed by atoms with van der Waals surface area (Å²) in [5, 5.41) is 10.5. The van der Waals surface area contributed by atoms with Crippen molar-refractivity contribution in [3.8, 4) is 0 Å². The molecule has 3 aromatic rings. The van der Waals surface area contributed by atoms with Crippen LogP contribution in [0.1, 0.15) is 37.9 Å². The molecule has 30 heteroatoms. The summed E-state index contributed by atoms with van der Waals surface area (Å²) in [5.74, 6) is -0.242. The molecule has 3 aliphatic heterocycles. The molecule has 3 saturated heterocycles. The molecule has 12 atom stereocenters. The summed E-state index contributed by atoms with van der Waals surface area (Å²) >= 11 is 0. The average molecular weight is 869 g/mol. The predicted molar refractivity (Wildman–Crippen MR) is 187 cm³/mol. The third-order valence-electron chi connectivity index (χ3n) is 8.74. The number of phosphoric acid groups is 2. The maximum absolute atomic E-state index is 13.3. The zero-order chi connectivity index (χ0) is 41.2. The van der Waals surface area contributed by atoms with Gasteiger partial charge in [-0.1, -0.05) is 0 Å². The highest BCUT2D eigenvalue weighted by atomic mass is 31.2. The van der Waals surface area contributed by atoms with Gasteiger partial charge in [-0.3, -0.25) is 31.8 Å². The molecule has 0 aliphatic carbocycles. The first-order valence-corrected chi connectivity index (χ1v) is 20.8. The van der Waals surface area contributed by atoms with Gasteiger partial charge in [0.1, 0.15) is 73.3 Å². The van der Waals surface area contributed by atoms with Gasteiger partial charge >= 0.3 is 41.0 Å². The van der Waals surface area contributed by atoms with E-state index in [1.807, 2.05) is 0 Å². The Morgan fingerprint density at radius 2 is 1.05 bits per heavy atom. The number of hydrogen-bond donors (Lipinski definition) is 7. The quantitative estimate of drug-likeness (QED) is 0.0797. The summed E-state index contributed by atoms with van der Waals surface area (Å²) in [6, 6.07) is 3.90. The summed E-state index contributed by atoms with van der Waals surface area (Å²) in [4.78, 5) is 78.7. The standard InChI is InChI=1S/C27H36N9O18P3/c28-19-1-4-34(25(38)31-19)22-7-13(37)16(50-22)11-48-56(43,44)54-15-9-24(36-6-3-21(30)33-27(36)40)52-18(15)12-49-57(45,46)53-14-8-23(51-17(14)10-47-55(41)42)35-5-2-20(29)32-26(35)39/h1-6,13-18,22-24,37H,7-12H2,(H8-,28,29,30,31,32,33,38,39,40,41,42,43,44,45,46)/p+1/t13-,14-,15-,16+,17+,18+,22+,23+,24+/m0/s1.